The second-order valence-corrected chi connectivity index (χ2v) is 6.75. The summed E-state index contributed by atoms with van der Waals surface area (Å²) in [5, 5.41) is 5.41. The normalized spacial score (nSPS) is 14.4. The fourth-order valence-corrected chi connectivity index (χ4v) is 3.24. The van der Waals surface area contributed by atoms with E-state index in [1.807, 2.05) is 37.0 Å². The molecule has 2 heterocycles. The average molecular weight is 336 g/mol. The Labute approximate surface area is 148 Å². The molecular weight excluding hydrogens is 312 g/mol. The summed E-state index contributed by atoms with van der Waals surface area (Å²) >= 11 is 0. The van der Waals surface area contributed by atoms with Gasteiger partial charge in [0.2, 0.25) is 0 Å². The summed E-state index contributed by atoms with van der Waals surface area (Å²) < 4.78 is 7.44. The molecule has 1 aliphatic carbocycles. The number of fused-ring (bicyclic) bond motifs is 1. The second kappa shape index (κ2) is 6.84. The van der Waals surface area contributed by atoms with Crippen molar-refractivity contribution in [2.45, 2.75) is 38.9 Å². The maximum atomic E-state index is 5.57. The van der Waals surface area contributed by atoms with Crippen LogP contribution in [0.3, 0.4) is 0 Å². The minimum atomic E-state index is 0.679. The van der Waals surface area contributed by atoms with Crippen molar-refractivity contribution in [1.29, 1.82) is 0 Å². The number of benzene rings is 1. The van der Waals surface area contributed by atoms with E-state index in [9.17, 15) is 0 Å². The van der Waals surface area contributed by atoms with Crippen molar-refractivity contribution < 1.29 is 4.74 Å². The Bertz CT molecular complexity index is 869. The van der Waals surface area contributed by atoms with Crippen molar-refractivity contribution in [3.05, 3.63) is 54.0 Å². The van der Waals surface area contributed by atoms with Crippen LogP contribution in [0.2, 0.25) is 0 Å². The highest BCUT2D eigenvalue weighted by Gasteiger charge is 2.29. The molecule has 0 spiro atoms. The summed E-state index contributed by atoms with van der Waals surface area (Å²) in [5.41, 5.74) is 3.40. The van der Waals surface area contributed by atoms with Gasteiger partial charge in [0, 0.05) is 43.3 Å². The molecule has 0 atom stereocenters. The fraction of sp³-hybridized carbons (Fsp3) is 0.400. The first-order valence-electron chi connectivity index (χ1n) is 8.95. The van der Waals surface area contributed by atoms with Gasteiger partial charge in [0.1, 0.15) is 5.75 Å². The minimum absolute atomic E-state index is 0.679. The third-order valence-corrected chi connectivity index (χ3v) is 4.60. The van der Waals surface area contributed by atoms with Crippen LogP contribution in [-0.2, 0) is 20.1 Å². The van der Waals surface area contributed by atoms with Crippen LogP contribution in [-0.4, -0.2) is 32.3 Å². The Hall–Kier alpha value is -2.40. The van der Waals surface area contributed by atoms with Crippen molar-refractivity contribution in [3.63, 3.8) is 0 Å². The van der Waals surface area contributed by atoms with Crippen LogP contribution in [0.4, 0.5) is 0 Å². The van der Waals surface area contributed by atoms with Crippen molar-refractivity contribution >= 4 is 10.9 Å². The van der Waals surface area contributed by atoms with Crippen molar-refractivity contribution in [3.8, 4) is 5.75 Å². The van der Waals surface area contributed by atoms with Gasteiger partial charge < -0.3 is 4.74 Å². The van der Waals surface area contributed by atoms with Crippen molar-refractivity contribution in [1.82, 2.24) is 19.7 Å². The average Bonchev–Trinajstić information content (AvgIpc) is 3.38. The summed E-state index contributed by atoms with van der Waals surface area (Å²) in [6, 6.07) is 11.1. The molecule has 0 aliphatic heterocycles. The van der Waals surface area contributed by atoms with Gasteiger partial charge in [-0.25, -0.2) is 0 Å². The molecule has 1 saturated carbocycles. The fourth-order valence-electron chi connectivity index (χ4n) is 3.24. The Morgan fingerprint density at radius 1 is 1.20 bits per heavy atom. The highest BCUT2D eigenvalue weighted by molar-refractivity contribution is 5.80. The standard InChI is InChI=1S/C20H24N4O/c1-3-25-19-8-9-20-16(10-19)4-5-17(22-20)14-24(18-6-7-18)13-15-11-21-23(2)12-15/h4-5,8-12,18H,3,6-7,13-14H2,1-2H3. The number of rotatable bonds is 7. The first kappa shape index (κ1) is 16.1. The molecule has 5 nitrogen and oxygen atoms in total. The number of aryl methyl sites for hydroxylation is 1. The van der Waals surface area contributed by atoms with Gasteiger partial charge in [-0.3, -0.25) is 14.6 Å². The molecule has 25 heavy (non-hydrogen) atoms. The molecule has 2 aromatic heterocycles. The van der Waals surface area contributed by atoms with Gasteiger partial charge in [0.05, 0.1) is 24.0 Å². The minimum Gasteiger partial charge on any atom is -0.494 e. The largest absolute Gasteiger partial charge is 0.494 e. The molecule has 0 bridgehead atoms. The van der Waals surface area contributed by atoms with Gasteiger partial charge in [-0.1, -0.05) is 6.07 Å². The van der Waals surface area contributed by atoms with Crippen LogP contribution in [0.1, 0.15) is 31.0 Å². The number of aromatic nitrogens is 3. The van der Waals surface area contributed by atoms with E-state index < -0.39 is 0 Å². The smallest absolute Gasteiger partial charge is 0.120 e. The molecule has 0 unspecified atom stereocenters. The topological polar surface area (TPSA) is 43.2 Å². The molecule has 0 saturated heterocycles. The molecule has 0 N–H and O–H groups in total. The quantitative estimate of drug-likeness (QED) is 0.662. The molecule has 5 heteroatoms. The van der Waals surface area contributed by atoms with E-state index in [1.165, 1.54) is 18.4 Å². The predicted molar refractivity (Wildman–Crippen MR) is 98.4 cm³/mol. The van der Waals surface area contributed by atoms with Gasteiger partial charge in [-0.2, -0.15) is 5.10 Å². The highest BCUT2D eigenvalue weighted by Crippen LogP contribution is 2.30. The Morgan fingerprint density at radius 3 is 2.80 bits per heavy atom. The van der Waals surface area contributed by atoms with Crippen LogP contribution in [0.15, 0.2) is 42.7 Å². The molecular formula is C20H24N4O. The number of pyridine rings is 1. The van der Waals surface area contributed by atoms with Gasteiger partial charge >= 0.3 is 0 Å². The predicted octanol–water partition coefficient (Wildman–Crippen LogP) is 3.53. The van der Waals surface area contributed by atoms with E-state index >= 15 is 0 Å². The van der Waals surface area contributed by atoms with E-state index in [-0.39, 0.29) is 0 Å². The zero-order chi connectivity index (χ0) is 17.2. The summed E-state index contributed by atoms with van der Waals surface area (Å²) in [6.07, 6.45) is 6.62. The summed E-state index contributed by atoms with van der Waals surface area (Å²) in [7, 11) is 1.96. The Balaban J connectivity index is 1.52. The Morgan fingerprint density at radius 2 is 2.08 bits per heavy atom. The molecule has 0 radical (unpaired) electrons. The molecule has 1 aromatic carbocycles. The third-order valence-electron chi connectivity index (χ3n) is 4.60. The zero-order valence-electron chi connectivity index (χ0n) is 14.9. The number of ether oxygens (including phenoxy) is 1. The van der Waals surface area contributed by atoms with Crippen LogP contribution in [0.5, 0.6) is 5.75 Å². The van der Waals surface area contributed by atoms with Crippen LogP contribution in [0, 0.1) is 0 Å². The number of hydrogen-bond acceptors (Lipinski definition) is 4. The van der Waals surface area contributed by atoms with E-state index in [4.69, 9.17) is 9.72 Å². The lowest BCUT2D eigenvalue weighted by Crippen LogP contribution is -2.25. The molecule has 1 fully saturated rings. The lowest BCUT2D eigenvalue weighted by Gasteiger charge is -2.21. The molecule has 0 amide bonds. The summed E-state index contributed by atoms with van der Waals surface area (Å²) in [4.78, 5) is 7.37. The Kier molecular flexibility index (Phi) is 4.40. The van der Waals surface area contributed by atoms with Crippen LogP contribution in [0.25, 0.3) is 10.9 Å². The second-order valence-electron chi connectivity index (χ2n) is 6.75. The summed E-state index contributed by atoms with van der Waals surface area (Å²) in [5.74, 6) is 0.903. The maximum Gasteiger partial charge on any atom is 0.120 e. The van der Waals surface area contributed by atoms with E-state index in [2.05, 4.69) is 34.4 Å². The molecule has 3 aromatic rings. The summed E-state index contributed by atoms with van der Waals surface area (Å²) in [6.45, 7) is 4.49. The lowest BCUT2D eigenvalue weighted by atomic mass is 10.2. The van der Waals surface area contributed by atoms with Crippen molar-refractivity contribution in [2.75, 3.05) is 6.61 Å². The van der Waals surface area contributed by atoms with E-state index in [1.54, 1.807) is 0 Å². The molecule has 1 aliphatic rings. The lowest BCUT2D eigenvalue weighted by molar-refractivity contribution is 0.243. The first-order chi connectivity index (χ1) is 12.2. The monoisotopic (exact) mass is 336 g/mol. The number of hydrogen-bond donors (Lipinski definition) is 0. The van der Waals surface area contributed by atoms with Crippen molar-refractivity contribution in [2.24, 2.45) is 7.05 Å². The van der Waals surface area contributed by atoms with Crippen LogP contribution < -0.4 is 4.74 Å². The molecule has 130 valence electrons. The maximum absolute atomic E-state index is 5.57. The SMILES string of the molecule is CCOc1ccc2nc(CN(Cc3cnn(C)c3)C3CC3)ccc2c1. The number of nitrogens with zero attached hydrogens (tertiary/aromatic N) is 4. The third kappa shape index (κ3) is 3.82. The van der Waals surface area contributed by atoms with Gasteiger partial charge in [0.25, 0.3) is 0 Å². The van der Waals surface area contributed by atoms with E-state index in [0.717, 1.165) is 35.4 Å². The van der Waals surface area contributed by atoms with E-state index in [0.29, 0.717) is 12.6 Å². The highest BCUT2D eigenvalue weighted by atomic mass is 16.5. The van der Waals surface area contributed by atoms with Gasteiger partial charge in [-0.05, 0) is 44.0 Å². The van der Waals surface area contributed by atoms with Gasteiger partial charge in [0.15, 0.2) is 0 Å². The van der Waals surface area contributed by atoms with Gasteiger partial charge in [-0.15, -0.1) is 0 Å². The zero-order valence-corrected chi connectivity index (χ0v) is 14.9. The molecule has 4 rings (SSSR count). The first-order valence-corrected chi connectivity index (χ1v) is 8.95. The van der Waals surface area contributed by atoms with Crippen LogP contribution >= 0.6 is 0 Å².